The standard InChI is InChI=1S/C20H21N5O2S/c26-17(13-15-3-2-12-28-15)24-8-10-25(11-9-24)18-16(4-1-7-21-18)20-23-22-19(27-20)14-5-6-14/h1-4,7,12,14H,5-6,8-11,13H2. The summed E-state index contributed by atoms with van der Waals surface area (Å²) in [6, 6.07) is 7.86. The number of carbonyl (C=O) groups is 1. The summed E-state index contributed by atoms with van der Waals surface area (Å²) in [5.74, 6) is 2.72. The molecule has 0 N–H and O–H groups in total. The van der Waals surface area contributed by atoms with Crippen molar-refractivity contribution >= 4 is 23.1 Å². The number of piperazine rings is 1. The molecule has 2 aliphatic rings. The van der Waals surface area contributed by atoms with Crippen LogP contribution < -0.4 is 4.90 Å². The SMILES string of the molecule is O=C(Cc1cccs1)N1CCN(c2ncccc2-c2nnc(C3CC3)o2)CC1. The summed E-state index contributed by atoms with van der Waals surface area (Å²) in [4.78, 5) is 22.4. The van der Waals surface area contributed by atoms with Crippen LogP contribution in [0.4, 0.5) is 5.82 Å². The Bertz CT molecular complexity index is 959. The van der Waals surface area contributed by atoms with Crippen molar-refractivity contribution in [3.63, 3.8) is 0 Å². The average molecular weight is 395 g/mol. The molecule has 1 saturated carbocycles. The third-order valence-electron chi connectivity index (χ3n) is 5.22. The van der Waals surface area contributed by atoms with E-state index >= 15 is 0 Å². The van der Waals surface area contributed by atoms with Crippen molar-refractivity contribution in [3.05, 3.63) is 46.6 Å². The molecule has 0 aromatic carbocycles. The molecule has 3 aromatic heterocycles. The summed E-state index contributed by atoms with van der Waals surface area (Å²) in [6.07, 6.45) is 4.52. The maximum Gasteiger partial charge on any atom is 0.251 e. The smallest absolute Gasteiger partial charge is 0.251 e. The first kappa shape index (κ1) is 17.4. The first-order valence-corrected chi connectivity index (χ1v) is 10.5. The largest absolute Gasteiger partial charge is 0.420 e. The van der Waals surface area contributed by atoms with Crippen molar-refractivity contribution in [1.29, 1.82) is 0 Å². The molecule has 8 heteroatoms. The van der Waals surface area contributed by atoms with Crippen molar-refractivity contribution in [3.8, 4) is 11.5 Å². The molecular formula is C20H21N5O2S. The zero-order valence-electron chi connectivity index (χ0n) is 15.5. The Hall–Kier alpha value is -2.74. The summed E-state index contributed by atoms with van der Waals surface area (Å²) >= 11 is 1.63. The van der Waals surface area contributed by atoms with Gasteiger partial charge in [-0.1, -0.05) is 6.07 Å². The number of rotatable bonds is 5. The van der Waals surface area contributed by atoms with Gasteiger partial charge in [-0.05, 0) is 36.4 Å². The molecule has 1 amide bonds. The molecule has 1 saturated heterocycles. The number of nitrogens with zero attached hydrogens (tertiary/aromatic N) is 5. The summed E-state index contributed by atoms with van der Waals surface area (Å²) in [5, 5.41) is 10.4. The zero-order valence-corrected chi connectivity index (χ0v) is 16.3. The Morgan fingerprint density at radius 2 is 2.00 bits per heavy atom. The quantitative estimate of drug-likeness (QED) is 0.661. The highest BCUT2D eigenvalue weighted by Gasteiger charge is 2.30. The van der Waals surface area contributed by atoms with Gasteiger partial charge in [-0.25, -0.2) is 4.98 Å². The van der Waals surface area contributed by atoms with E-state index in [2.05, 4.69) is 20.1 Å². The van der Waals surface area contributed by atoms with E-state index in [0.717, 1.165) is 48.1 Å². The molecule has 4 heterocycles. The molecule has 1 aliphatic heterocycles. The summed E-state index contributed by atoms with van der Waals surface area (Å²) in [6.45, 7) is 2.86. The van der Waals surface area contributed by atoms with Gasteiger partial charge in [-0.2, -0.15) is 0 Å². The van der Waals surface area contributed by atoms with Gasteiger partial charge in [0.05, 0.1) is 12.0 Å². The molecule has 7 nitrogen and oxygen atoms in total. The lowest BCUT2D eigenvalue weighted by Gasteiger charge is -2.36. The number of carbonyl (C=O) groups excluding carboxylic acids is 1. The maximum atomic E-state index is 12.5. The second kappa shape index (κ2) is 7.35. The molecule has 2 fully saturated rings. The fraction of sp³-hybridized carbons (Fsp3) is 0.400. The Labute approximate surface area is 167 Å². The molecule has 5 rings (SSSR count). The molecule has 0 atom stereocenters. The lowest BCUT2D eigenvalue weighted by atomic mass is 10.2. The number of hydrogen-bond acceptors (Lipinski definition) is 7. The highest BCUT2D eigenvalue weighted by atomic mass is 32.1. The number of aromatic nitrogens is 3. The Balaban J connectivity index is 1.28. The molecule has 28 heavy (non-hydrogen) atoms. The minimum Gasteiger partial charge on any atom is -0.420 e. The second-order valence-corrected chi connectivity index (χ2v) is 8.25. The van der Waals surface area contributed by atoms with Crippen LogP contribution in [0.5, 0.6) is 0 Å². The number of amides is 1. The summed E-state index contributed by atoms with van der Waals surface area (Å²) in [5.41, 5.74) is 0.861. The van der Waals surface area contributed by atoms with E-state index in [0.29, 0.717) is 31.3 Å². The average Bonchev–Trinajstić information content (AvgIpc) is 3.24. The Morgan fingerprint density at radius 1 is 1.14 bits per heavy atom. The molecule has 3 aromatic rings. The van der Waals surface area contributed by atoms with Crippen molar-refractivity contribution in [2.45, 2.75) is 25.2 Å². The topological polar surface area (TPSA) is 75.4 Å². The van der Waals surface area contributed by atoms with Crippen molar-refractivity contribution in [2.75, 3.05) is 31.1 Å². The summed E-state index contributed by atoms with van der Waals surface area (Å²) < 4.78 is 5.89. The number of hydrogen-bond donors (Lipinski definition) is 0. The third-order valence-corrected chi connectivity index (χ3v) is 6.10. The lowest BCUT2D eigenvalue weighted by Crippen LogP contribution is -2.49. The van der Waals surface area contributed by atoms with E-state index in [1.54, 1.807) is 17.5 Å². The number of pyridine rings is 1. The van der Waals surface area contributed by atoms with Crippen molar-refractivity contribution in [2.24, 2.45) is 0 Å². The highest BCUT2D eigenvalue weighted by Crippen LogP contribution is 2.40. The minimum absolute atomic E-state index is 0.189. The molecule has 144 valence electrons. The van der Waals surface area contributed by atoms with E-state index in [4.69, 9.17) is 4.42 Å². The van der Waals surface area contributed by atoms with Crippen LogP contribution in [0.1, 0.15) is 29.5 Å². The van der Waals surface area contributed by atoms with Crippen LogP contribution in [0.15, 0.2) is 40.3 Å². The van der Waals surface area contributed by atoms with E-state index in [1.165, 1.54) is 0 Å². The van der Waals surface area contributed by atoms with Gasteiger partial charge in [0.25, 0.3) is 5.89 Å². The van der Waals surface area contributed by atoms with Crippen molar-refractivity contribution < 1.29 is 9.21 Å². The van der Waals surface area contributed by atoms with Crippen LogP contribution in [-0.4, -0.2) is 52.2 Å². The van der Waals surface area contributed by atoms with Crippen LogP contribution in [0.3, 0.4) is 0 Å². The van der Waals surface area contributed by atoms with Crippen LogP contribution in [-0.2, 0) is 11.2 Å². The van der Waals surface area contributed by atoms with Gasteiger partial charge in [0.15, 0.2) is 0 Å². The fourth-order valence-electron chi connectivity index (χ4n) is 3.50. The molecule has 0 bridgehead atoms. The van der Waals surface area contributed by atoms with Crippen LogP contribution in [0.25, 0.3) is 11.5 Å². The van der Waals surface area contributed by atoms with Crippen LogP contribution >= 0.6 is 11.3 Å². The first-order valence-electron chi connectivity index (χ1n) is 9.62. The van der Waals surface area contributed by atoms with Gasteiger partial charge in [-0.3, -0.25) is 4.79 Å². The van der Waals surface area contributed by atoms with Gasteiger partial charge >= 0.3 is 0 Å². The highest BCUT2D eigenvalue weighted by molar-refractivity contribution is 7.10. The van der Waals surface area contributed by atoms with Crippen molar-refractivity contribution in [1.82, 2.24) is 20.1 Å². The summed E-state index contributed by atoms with van der Waals surface area (Å²) in [7, 11) is 0. The van der Waals surface area contributed by atoms with E-state index in [-0.39, 0.29) is 5.91 Å². The predicted molar refractivity (Wildman–Crippen MR) is 106 cm³/mol. The maximum absolute atomic E-state index is 12.5. The third kappa shape index (κ3) is 3.52. The second-order valence-electron chi connectivity index (χ2n) is 7.22. The van der Waals surface area contributed by atoms with Gasteiger partial charge < -0.3 is 14.2 Å². The predicted octanol–water partition coefficient (Wildman–Crippen LogP) is 2.96. The Kier molecular flexibility index (Phi) is 4.56. The van der Waals surface area contributed by atoms with E-state index in [9.17, 15) is 4.79 Å². The Morgan fingerprint density at radius 3 is 2.75 bits per heavy atom. The van der Waals surface area contributed by atoms with E-state index < -0.39 is 0 Å². The van der Waals surface area contributed by atoms with E-state index in [1.807, 2.05) is 34.5 Å². The fourth-order valence-corrected chi connectivity index (χ4v) is 4.19. The van der Waals surface area contributed by atoms with Gasteiger partial charge in [0.1, 0.15) is 5.82 Å². The molecule has 0 spiro atoms. The molecule has 0 unspecified atom stereocenters. The molecular weight excluding hydrogens is 374 g/mol. The normalized spacial score (nSPS) is 17.1. The monoisotopic (exact) mass is 395 g/mol. The lowest BCUT2D eigenvalue weighted by molar-refractivity contribution is -0.130. The van der Waals surface area contributed by atoms with Gasteiger partial charge in [0, 0.05) is 43.2 Å². The van der Waals surface area contributed by atoms with Gasteiger partial charge in [-0.15, -0.1) is 21.5 Å². The van der Waals surface area contributed by atoms with Crippen LogP contribution in [0, 0.1) is 0 Å². The number of anilines is 1. The molecule has 1 aliphatic carbocycles. The van der Waals surface area contributed by atoms with Gasteiger partial charge in [0.2, 0.25) is 11.8 Å². The van der Waals surface area contributed by atoms with Crippen LogP contribution in [0.2, 0.25) is 0 Å². The first-order chi connectivity index (χ1) is 13.8. The molecule has 0 radical (unpaired) electrons. The zero-order chi connectivity index (χ0) is 18.9. The minimum atomic E-state index is 0.189. The number of thiophene rings is 1.